The van der Waals surface area contributed by atoms with Crippen LogP contribution in [0.2, 0.25) is 5.02 Å². The second-order valence-corrected chi connectivity index (χ2v) is 7.55. The summed E-state index contributed by atoms with van der Waals surface area (Å²) < 4.78 is 29.7. The average Bonchev–Trinajstić information content (AvgIpc) is 3.23. The third-order valence-electron chi connectivity index (χ3n) is 4.56. The number of allylic oxidation sites excluding steroid dienone is 2. The number of carbonyl (C=O) groups is 1. The standard InChI is InChI=1S/C21H15ClFN5O4/c1-21(19-27-28-20(32-19)31-15-3-2-12(9-24)25-10-15)7-13(8-21)26-18(29)11-30-14-4-5-16(22)17(23)6-14/h2-7,10H,8,11H2,1H3,(H,26,29). The van der Waals surface area contributed by atoms with E-state index in [0.29, 0.717) is 23.8 Å². The Morgan fingerprint density at radius 2 is 2.12 bits per heavy atom. The van der Waals surface area contributed by atoms with Crippen LogP contribution in [0, 0.1) is 17.1 Å². The monoisotopic (exact) mass is 455 g/mol. The van der Waals surface area contributed by atoms with Crippen LogP contribution >= 0.6 is 11.6 Å². The van der Waals surface area contributed by atoms with Crippen molar-refractivity contribution in [2.45, 2.75) is 18.8 Å². The highest BCUT2D eigenvalue weighted by Gasteiger charge is 2.40. The number of pyridine rings is 1. The molecule has 1 N–H and O–H groups in total. The minimum absolute atomic E-state index is 0.0242. The molecule has 162 valence electrons. The number of hydrogen-bond acceptors (Lipinski definition) is 8. The zero-order valence-electron chi connectivity index (χ0n) is 16.6. The minimum atomic E-state index is -0.625. The summed E-state index contributed by atoms with van der Waals surface area (Å²) in [4.78, 5) is 16.0. The van der Waals surface area contributed by atoms with Crippen molar-refractivity contribution >= 4 is 17.5 Å². The topological polar surface area (TPSA) is 123 Å². The van der Waals surface area contributed by atoms with Gasteiger partial charge in [0.15, 0.2) is 12.4 Å². The summed E-state index contributed by atoms with van der Waals surface area (Å²) >= 11 is 5.61. The van der Waals surface area contributed by atoms with E-state index >= 15 is 0 Å². The smallest absolute Gasteiger partial charge is 0.420 e. The number of nitriles is 1. The van der Waals surface area contributed by atoms with Gasteiger partial charge in [-0.3, -0.25) is 4.79 Å². The van der Waals surface area contributed by atoms with Crippen LogP contribution in [0.5, 0.6) is 17.6 Å². The molecular formula is C21H15ClFN5O4. The maximum absolute atomic E-state index is 13.4. The molecule has 1 unspecified atom stereocenters. The predicted molar refractivity (Wildman–Crippen MR) is 108 cm³/mol. The Kier molecular flexibility index (Phi) is 5.75. The summed E-state index contributed by atoms with van der Waals surface area (Å²) in [7, 11) is 0. The number of halogens is 2. The van der Waals surface area contributed by atoms with Gasteiger partial charge in [0.2, 0.25) is 5.89 Å². The zero-order chi connectivity index (χ0) is 22.7. The molecule has 0 saturated heterocycles. The summed E-state index contributed by atoms with van der Waals surface area (Å²) in [5.41, 5.74) is 0.358. The third kappa shape index (κ3) is 4.68. The number of nitrogens with one attached hydrogen (secondary N) is 1. The van der Waals surface area contributed by atoms with Crippen molar-refractivity contribution in [2.24, 2.45) is 0 Å². The molecule has 11 heteroatoms. The summed E-state index contributed by atoms with van der Waals surface area (Å²) in [6, 6.07) is 8.92. The van der Waals surface area contributed by atoms with Gasteiger partial charge in [0.1, 0.15) is 23.3 Å². The van der Waals surface area contributed by atoms with Crippen LogP contribution in [-0.4, -0.2) is 27.7 Å². The fourth-order valence-electron chi connectivity index (χ4n) is 2.99. The molecule has 0 aliphatic heterocycles. The molecule has 3 aromatic rings. The molecular weight excluding hydrogens is 441 g/mol. The lowest BCUT2D eigenvalue weighted by Gasteiger charge is -2.33. The van der Waals surface area contributed by atoms with Gasteiger partial charge in [-0.2, -0.15) is 5.26 Å². The van der Waals surface area contributed by atoms with Crippen molar-refractivity contribution in [3.63, 3.8) is 0 Å². The Balaban J connectivity index is 1.31. The molecule has 4 rings (SSSR count). The highest BCUT2D eigenvalue weighted by molar-refractivity contribution is 6.30. The van der Waals surface area contributed by atoms with Gasteiger partial charge in [0, 0.05) is 18.2 Å². The van der Waals surface area contributed by atoms with E-state index in [1.165, 1.54) is 24.4 Å². The molecule has 0 saturated carbocycles. The van der Waals surface area contributed by atoms with Crippen molar-refractivity contribution in [2.75, 3.05) is 6.61 Å². The number of hydrogen-bond donors (Lipinski definition) is 1. The molecule has 0 bridgehead atoms. The van der Waals surface area contributed by atoms with E-state index < -0.39 is 17.1 Å². The second kappa shape index (κ2) is 8.64. The van der Waals surface area contributed by atoms with Gasteiger partial charge in [0.25, 0.3) is 5.91 Å². The lowest BCUT2D eigenvalue weighted by atomic mass is 9.75. The number of amides is 1. The van der Waals surface area contributed by atoms with Crippen LogP contribution in [0.4, 0.5) is 4.39 Å². The van der Waals surface area contributed by atoms with Crippen molar-refractivity contribution in [3.8, 4) is 23.6 Å². The van der Waals surface area contributed by atoms with Gasteiger partial charge in [-0.25, -0.2) is 9.37 Å². The first-order valence-electron chi connectivity index (χ1n) is 9.32. The van der Waals surface area contributed by atoms with Crippen LogP contribution in [-0.2, 0) is 10.2 Å². The molecule has 0 radical (unpaired) electrons. The third-order valence-corrected chi connectivity index (χ3v) is 4.87. The molecule has 2 aromatic heterocycles. The average molecular weight is 456 g/mol. The maximum Gasteiger partial charge on any atom is 0.420 e. The number of benzene rings is 1. The second-order valence-electron chi connectivity index (χ2n) is 7.14. The summed E-state index contributed by atoms with van der Waals surface area (Å²) in [5, 5.41) is 19.3. The van der Waals surface area contributed by atoms with E-state index in [0.717, 1.165) is 6.07 Å². The minimum Gasteiger partial charge on any atom is -0.484 e. The molecule has 0 spiro atoms. The molecule has 1 aliphatic carbocycles. The first-order valence-corrected chi connectivity index (χ1v) is 9.70. The summed E-state index contributed by atoms with van der Waals surface area (Å²) in [6.45, 7) is 1.59. The zero-order valence-corrected chi connectivity index (χ0v) is 17.4. The van der Waals surface area contributed by atoms with Gasteiger partial charge in [-0.05, 0) is 37.3 Å². The maximum atomic E-state index is 13.4. The van der Waals surface area contributed by atoms with E-state index in [4.69, 9.17) is 30.8 Å². The Hall–Kier alpha value is -3.97. The number of ether oxygens (including phenoxy) is 2. The molecule has 0 fully saturated rings. The Labute approximate surface area is 186 Å². The highest BCUT2D eigenvalue weighted by Crippen LogP contribution is 2.40. The van der Waals surface area contributed by atoms with Crippen LogP contribution < -0.4 is 14.8 Å². The van der Waals surface area contributed by atoms with Gasteiger partial charge < -0.3 is 19.2 Å². The van der Waals surface area contributed by atoms with Crippen molar-refractivity contribution in [3.05, 3.63) is 70.7 Å². The largest absolute Gasteiger partial charge is 0.484 e. The fraction of sp³-hybridized carbons (Fsp3) is 0.190. The van der Waals surface area contributed by atoms with E-state index in [9.17, 15) is 9.18 Å². The molecule has 32 heavy (non-hydrogen) atoms. The molecule has 2 heterocycles. The number of nitrogens with zero attached hydrogens (tertiary/aromatic N) is 4. The van der Waals surface area contributed by atoms with E-state index in [1.54, 1.807) is 12.1 Å². The lowest BCUT2D eigenvalue weighted by molar-refractivity contribution is -0.122. The van der Waals surface area contributed by atoms with E-state index in [-0.39, 0.29) is 29.1 Å². The number of rotatable bonds is 7. The highest BCUT2D eigenvalue weighted by atomic mass is 35.5. The summed E-state index contributed by atoms with van der Waals surface area (Å²) in [5.74, 6) is -0.149. The number of carbonyl (C=O) groups excluding carboxylic acids is 1. The fourth-order valence-corrected chi connectivity index (χ4v) is 3.11. The van der Waals surface area contributed by atoms with Crippen molar-refractivity contribution in [1.29, 1.82) is 5.26 Å². The molecule has 9 nitrogen and oxygen atoms in total. The molecule has 1 amide bonds. The first-order chi connectivity index (χ1) is 15.3. The van der Waals surface area contributed by atoms with Crippen LogP contribution in [0.25, 0.3) is 0 Å². The molecule has 1 aromatic carbocycles. The van der Waals surface area contributed by atoms with Crippen LogP contribution in [0.3, 0.4) is 0 Å². The van der Waals surface area contributed by atoms with E-state index in [2.05, 4.69) is 20.5 Å². The van der Waals surface area contributed by atoms with Crippen molar-refractivity contribution < 1.29 is 23.1 Å². The SMILES string of the molecule is CC1(c2nnc(Oc3ccc(C#N)nc3)o2)C=C(NC(=O)COc2ccc(Cl)c(F)c2)C1. The Bertz CT molecular complexity index is 1240. The van der Waals surface area contributed by atoms with Gasteiger partial charge in [-0.15, -0.1) is 5.10 Å². The predicted octanol–water partition coefficient (Wildman–Crippen LogP) is 3.66. The van der Waals surface area contributed by atoms with Gasteiger partial charge >= 0.3 is 6.08 Å². The van der Waals surface area contributed by atoms with Crippen LogP contribution in [0.1, 0.15) is 24.9 Å². The van der Waals surface area contributed by atoms with Crippen LogP contribution in [0.15, 0.2) is 52.7 Å². The summed E-state index contributed by atoms with van der Waals surface area (Å²) in [6.07, 6.45) is 3.55. The quantitative estimate of drug-likeness (QED) is 0.572. The van der Waals surface area contributed by atoms with Crippen molar-refractivity contribution in [1.82, 2.24) is 20.5 Å². The van der Waals surface area contributed by atoms with E-state index in [1.807, 2.05) is 13.0 Å². The normalized spacial score (nSPS) is 17.0. The molecule has 1 atom stereocenters. The van der Waals surface area contributed by atoms with Gasteiger partial charge in [-0.1, -0.05) is 16.7 Å². The molecule has 1 aliphatic rings. The Morgan fingerprint density at radius 3 is 2.81 bits per heavy atom. The van der Waals surface area contributed by atoms with Gasteiger partial charge in [0.05, 0.1) is 16.6 Å². The Morgan fingerprint density at radius 1 is 1.34 bits per heavy atom. The number of aromatic nitrogens is 3. The lowest BCUT2D eigenvalue weighted by Crippen LogP contribution is -2.39. The first kappa shape index (κ1) is 21.3.